The van der Waals surface area contributed by atoms with E-state index in [1.165, 1.54) is 0 Å². The van der Waals surface area contributed by atoms with Gasteiger partial charge in [-0.25, -0.2) is 0 Å². The number of aliphatic hydroxyl groups is 1. The maximum absolute atomic E-state index is 12.3. The summed E-state index contributed by atoms with van der Waals surface area (Å²) in [5.41, 5.74) is 1.84. The van der Waals surface area contributed by atoms with E-state index >= 15 is 0 Å². The first kappa shape index (κ1) is 15.0. The van der Waals surface area contributed by atoms with Crippen molar-refractivity contribution in [3.63, 3.8) is 0 Å². The van der Waals surface area contributed by atoms with Crippen LogP contribution in [0.1, 0.15) is 61.5 Å². The molecule has 1 aromatic rings. The Morgan fingerprint density at radius 1 is 1.60 bits per heavy atom. The van der Waals surface area contributed by atoms with Gasteiger partial charge in [-0.2, -0.15) is 5.10 Å². The zero-order valence-electron chi connectivity index (χ0n) is 12.4. The highest BCUT2D eigenvalue weighted by molar-refractivity contribution is 5.95. The molecule has 1 amide bonds. The molecule has 1 heterocycles. The second-order valence-corrected chi connectivity index (χ2v) is 5.77. The highest BCUT2D eigenvalue weighted by Crippen LogP contribution is 2.41. The van der Waals surface area contributed by atoms with Gasteiger partial charge in [0.25, 0.3) is 5.91 Å². The fourth-order valence-corrected chi connectivity index (χ4v) is 2.43. The molecule has 1 aliphatic rings. The molecule has 20 heavy (non-hydrogen) atoms. The van der Waals surface area contributed by atoms with Crippen molar-refractivity contribution in [1.29, 1.82) is 0 Å². The van der Waals surface area contributed by atoms with Crippen molar-refractivity contribution >= 4 is 5.91 Å². The molecule has 1 aliphatic carbocycles. The maximum atomic E-state index is 12.3. The molecular formula is C15H25N3O2. The molecule has 1 atom stereocenters. The van der Waals surface area contributed by atoms with Crippen molar-refractivity contribution in [2.75, 3.05) is 13.2 Å². The molecule has 1 aromatic heterocycles. The first-order valence-electron chi connectivity index (χ1n) is 7.62. The average Bonchev–Trinajstić information content (AvgIpc) is 3.18. The Morgan fingerprint density at radius 2 is 2.35 bits per heavy atom. The predicted octanol–water partition coefficient (Wildman–Crippen LogP) is 1.92. The van der Waals surface area contributed by atoms with Gasteiger partial charge in [0.05, 0.1) is 17.5 Å². The molecule has 0 aliphatic heterocycles. The molecule has 1 unspecified atom stereocenters. The van der Waals surface area contributed by atoms with E-state index in [4.69, 9.17) is 5.11 Å². The van der Waals surface area contributed by atoms with Gasteiger partial charge in [0.2, 0.25) is 0 Å². The van der Waals surface area contributed by atoms with E-state index in [0.717, 1.165) is 37.1 Å². The molecule has 0 radical (unpaired) electrons. The minimum atomic E-state index is -0.0287. The van der Waals surface area contributed by atoms with Crippen molar-refractivity contribution in [3.05, 3.63) is 17.5 Å². The summed E-state index contributed by atoms with van der Waals surface area (Å²) >= 11 is 0. The number of aromatic nitrogens is 2. The Bertz CT molecular complexity index is 452. The summed E-state index contributed by atoms with van der Waals surface area (Å²) in [6, 6.07) is 0. The van der Waals surface area contributed by atoms with Gasteiger partial charge in [0, 0.05) is 25.6 Å². The number of aryl methyl sites for hydroxylation is 1. The molecule has 0 aromatic carbocycles. The summed E-state index contributed by atoms with van der Waals surface area (Å²) in [5, 5.41) is 16.2. The van der Waals surface area contributed by atoms with Gasteiger partial charge in [-0.1, -0.05) is 13.8 Å². The van der Waals surface area contributed by atoms with E-state index in [2.05, 4.69) is 17.3 Å². The number of carbonyl (C=O) groups excluding carboxylic acids is 1. The van der Waals surface area contributed by atoms with Crippen LogP contribution in [0.5, 0.6) is 0 Å². The summed E-state index contributed by atoms with van der Waals surface area (Å²) in [6.45, 7) is 5.79. The number of rotatable bonds is 8. The monoisotopic (exact) mass is 279 g/mol. The molecular weight excluding hydrogens is 254 g/mol. The number of carbonyl (C=O) groups is 1. The topological polar surface area (TPSA) is 67.2 Å². The fraction of sp³-hybridized carbons (Fsp3) is 0.733. The number of amides is 1. The molecule has 2 rings (SSSR count). The molecule has 1 saturated carbocycles. The van der Waals surface area contributed by atoms with Crippen LogP contribution in [0.2, 0.25) is 0 Å². The van der Waals surface area contributed by atoms with E-state index in [1.807, 2.05) is 11.6 Å². The molecule has 0 saturated heterocycles. The Labute approximate surface area is 120 Å². The Morgan fingerprint density at radius 3 is 2.95 bits per heavy atom. The van der Waals surface area contributed by atoms with Crippen LogP contribution >= 0.6 is 0 Å². The third-order valence-electron chi connectivity index (χ3n) is 3.76. The number of nitrogens with one attached hydrogen (secondary N) is 1. The van der Waals surface area contributed by atoms with Gasteiger partial charge >= 0.3 is 0 Å². The lowest BCUT2D eigenvalue weighted by atomic mass is 10.1. The van der Waals surface area contributed by atoms with Gasteiger partial charge in [-0.15, -0.1) is 0 Å². The number of aliphatic hydroxyl groups excluding tert-OH is 1. The first-order chi connectivity index (χ1) is 9.67. The van der Waals surface area contributed by atoms with Crippen LogP contribution in [-0.4, -0.2) is 33.9 Å². The van der Waals surface area contributed by atoms with Crippen LogP contribution in [0.3, 0.4) is 0 Å². The van der Waals surface area contributed by atoms with Gasteiger partial charge in [0.15, 0.2) is 0 Å². The van der Waals surface area contributed by atoms with Crippen LogP contribution in [0.15, 0.2) is 6.20 Å². The second-order valence-electron chi connectivity index (χ2n) is 5.77. The molecule has 0 bridgehead atoms. The lowest BCUT2D eigenvalue weighted by molar-refractivity contribution is 0.0944. The summed E-state index contributed by atoms with van der Waals surface area (Å²) in [6.07, 6.45) is 5.77. The van der Waals surface area contributed by atoms with Crippen LogP contribution in [-0.2, 0) is 6.54 Å². The van der Waals surface area contributed by atoms with E-state index in [9.17, 15) is 4.79 Å². The lowest BCUT2D eigenvalue weighted by Gasteiger charge is -2.12. The van der Waals surface area contributed by atoms with E-state index in [1.54, 1.807) is 6.20 Å². The fourth-order valence-electron chi connectivity index (χ4n) is 2.43. The smallest absolute Gasteiger partial charge is 0.254 e. The van der Waals surface area contributed by atoms with E-state index in [0.29, 0.717) is 24.8 Å². The summed E-state index contributed by atoms with van der Waals surface area (Å²) in [4.78, 5) is 12.3. The van der Waals surface area contributed by atoms with Gasteiger partial charge in [-0.05, 0) is 31.6 Å². The highest BCUT2D eigenvalue weighted by atomic mass is 16.3. The number of hydrogen-bond acceptors (Lipinski definition) is 3. The van der Waals surface area contributed by atoms with Gasteiger partial charge in [-0.3, -0.25) is 9.48 Å². The number of hydrogen-bond donors (Lipinski definition) is 2. The maximum Gasteiger partial charge on any atom is 0.254 e. The van der Waals surface area contributed by atoms with Crippen molar-refractivity contribution < 1.29 is 9.90 Å². The predicted molar refractivity (Wildman–Crippen MR) is 77.7 cm³/mol. The Balaban J connectivity index is 2.02. The zero-order chi connectivity index (χ0) is 14.5. The normalized spacial score (nSPS) is 16.1. The third kappa shape index (κ3) is 3.60. The SMILES string of the molecule is CCCn1ncc(C(=O)NCC(C)CCO)c1C1CC1. The van der Waals surface area contributed by atoms with Gasteiger partial charge in [0.1, 0.15) is 0 Å². The highest BCUT2D eigenvalue weighted by Gasteiger charge is 2.32. The summed E-state index contributed by atoms with van der Waals surface area (Å²) < 4.78 is 1.99. The van der Waals surface area contributed by atoms with Gasteiger partial charge < -0.3 is 10.4 Å². The minimum absolute atomic E-state index is 0.0287. The third-order valence-corrected chi connectivity index (χ3v) is 3.76. The quantitative estimate of drug-likeness (QED) is 0.764. The zero-order valence-corrected chi connectivity index (χ0v) is 12.4. The molecule has 112 valence electrons. The first-order valence-corrected chi connectivity index (χ1v) is 7.62. The van der Waals surface area contributed by atoms with E-state index in [-0.39, 0.29) is 12.5 Å². The molecule has 5 heteroatoms. The lowest BCUT2D eigenvalue weighted by Crippen LogP contribution is -2.29. The second kappa shape index (κ2) is 6.88. The summed E-state index contributed by atoms with van der Waals surface area (Å²) in [7, 11) is 0. The van der Waals surface area contributed by atoms with Crippen LogP contribution in [0.25, 0.3) is 0 Å². The van der Waals surface area contributed by atoms with Crippen molar-refractivity contribution in [1.82, 2.24) is 15.1 Å². The Hall–Kier alpha value is -1.36. The summed E-state index contributed by atoms with van der Waals surface area (Å²) in [5.74, 6) is 0.776. The van der Waals surface area contributed by atoms with Crippen LogP contribution < -0.4 is 5.32 Å². The molecule has 2 N–H and O–H groups in total. The molecule has 1 fully saturated rings. The van der Waals surface area contributed by atoms with Crippen molar-refractivity contribution in [2.24, 2.45) is 5.92 Å². The minimum Gasteiger partial charge on any atom is -0.396 e. The average molecular weight is 279 g/mol. The van der Waals surface area contributed by atoms with Crippen LogP contribution in [0, 0.1) is 5.92 Å². The standard InChI is InChI=1S/C15H25N3O2/c1-3-7-18-14(12-4-5-12)13(10-17-18)15(20)16-9-11(2)6-8-19/h10-12,19H,3-9H2,1-2H3,(H,16,20). The van der Waals surface area contributed by atoms with Crippen molar-refractivity contribution in [2.45, 2.75) is 52.0 Å². The number of nitrogens with zero attached hydrogens (tertiary/aromatic N) is 2. The van der Waals surface area contributed by atoms with Crippen LogP contribution in [0.4, 0.5) is 0 Å². The molecule has 0 spiro atoms. The largest absolute Gasteiger partial charge is 0.396 e. The van der Waals surface area contributed by atoms with Crippen molar-refractivity contribution in [3.8, 4) is 0 Å². The van der Waals surface area contributed by atoms with E-state index < -0.39 is 0 Å². The molecule has 5 nitrogen and oxygen atoms in total. The Kier molecular flexibility index (Phi) is 5.17.